The van der Waals surface area contributed by atoms with E-state index in [0.717, 1.165) is 28.2 Å². The Labute approximate surface area is 332 Å². The number of benzene rings is 6. The van der Waals surface area contributed by atoms with Crippen molar-refractivity contribution >= 4 is 66.8 Å². The van der Waals surface area contributed by atoms with Crippen LogP contribution in [0.2, 0.25) is 19.6 Å². The zero-order valence-corrected chi connectivity index (χ0v) is 35.3. The van der Waals surface area contributed by atoms with Crippen molar-refractivity contribution in [2.24, 2.45) is 0 Å². The van der Waals surface area contributed by atoms with Gasteiger partial charge >= 0.3 is 0 Å². The zero-order chi connectivity index (χ0) is 39.2. The summed E-state index contributed by atoms with van der Waals surface area (Å²) in [7, 11) is -1.31. The molecule has 6 aromatic carbocycles. The van der Waals surface area contributed by atoms with Crippen LogP contribution >= 0.6 is 0 Å². The maximum absolute atomic E-state index is 2.39. The van der Waals surface area contributed by atoms with Crippen LogP contribution in [0.15, 0.2) is 146 Å². The summed E-state index contributed by atoms with van der Waals surface area (Å²) in [6.07, 6.45) is 13.2. The van der Waals surface area contributed by atoms with E-state index in [1.54, 1.807) is 0 Å². The fraction of sp³-hybridized carbons (Fsp3) is 0.208. The molecule has 0 saturated carbocycles. The molecule has 0 saturated heterocycles. The minimum Gasteiger partial charge on any atom is -0.311 e. The van der Waals surface area contributed by atoms with Crippen LogP contribution in [0.4, 0.5) is 17.1 Å². The number of nitrogens with zero attached hydrogens (tertiary/aromatic N) is 1. The molecular formula is C53H57NSi. The van der Waals surface area contributed by atoms with Crippen LogP contribution in [0.3, 0.4) is 0 Å². The van der Waals surface area contributed by atoms with Crippen molar-refractivity contribution in [3.8, 4) is 0 Å². The van der Waals surface area contributed by atoms with Crippen molar-refractivity contribution in [3.05, 3.63) is 190 Å². The lowest BCUT2D eigenvalue weighted by molar-refractivity contribution is 0.590. The first-order chi connectivity index (χ1) is 26.1. The van der Waals surface area contributed by atoms with Crippen molar-refractivity contribution < 1.29 is 0 Å². The van der Waals surface area contributed by atoms with E-state index in [4.69, 9.17) is 0 Å². The molecule has 0 aliphatic rings. The second-order valence-corrected chi connectivity index (χ2v) is 22.8. The van der Waals surface area contributed by atoms with Crippen LogP contribution in [0, 0.1) is 0 Å². The third kappa shape index (κ3) is 10.6. The fourth-order valence-electron chi connectivity index (χ4n) is 6.51. The molecule has 6 rings (SSSR count). The van der Waals surface area contributed by atoms with Crippen LogP contribution in [-0.4, -0.2) is 8.07 Å². The highest BCUT2D eigenvalue weighted by Gasteiger charge is 2.16. The number of hydrogen-bond acceptors (Lipinski definition) is 1. The molecule has 0 unspecified atom stereocenters. The molecule has 2 heteroatoms. The zero-order valence-electron chi connectivity index (χ0n) is 34.3. The van der Waals surface area contributed by atoms with Gasteiger partial charge in [-0.25, -0.2) is 0 Å². The van der Waals surface area contributed by atoms with Crippen molar-refractivity contribution in [1.29, 1.82) is 0 Å². The molecule has 1 nitrogen and oxygen atoms in total. The maximum Gasteiger partial charge on any atom is 0.0775 e. The lowest BCUT2D eigenvalue weighted by atomic mass is 9.87. The minimum absolute atomic E-state index is 0.150. The average molecular weight is 736 g/mol. The Morgan fingerprint density at radius 1 is 0.327 bits per heavy atom. The first kappa shape index (κ1) is 39.3. The number of anilines is 3. The van der Waals surface area contributed by atoms with Gasteiger partial charge in [-0.1, -0.05) is 212 Å². The highest BCUT2D eigenvalue weighted by molar-refractivity contribution is 6.88. The lowest BCUT2D eigenvalue weighted by Gasteiger charge is -2.26. The van der Waals surface area contributed by atoms with E-state index in [2.05, 4.69) is 248 Å². The minimum atomic E-state index is -1.31. The molecule has 278 valence electrons. The Hall–Kier alpha value is -5.44. The summed E-state index contributed by atoms with van der Waals surface area (Å²) >= 11 is 0. The van der Waals surface area contributed by atoms with Gasteiger partial charge in [-0.15, -0.1) is 0 Å². The summed E-state index contributed by atoms with van der Waals surface area (Å²) < 4.78 is 0. The Morgan fingerprint density at radius 2 is 0.545 bits per heavy atom. The predicted octanol–water partition coefficient (Wildman–Crippen LogP) is 14.8. The van der Waals surface area contributed by atoms with E-state index in [9.17, 15) is 0 Å². The Kier molecular flexibility index (Phi) is 11.8. The van der Waals surface area contributed by atoms with Crippen LogP contribution in [-0.2, 0) is 10.8 Å². The van der Waals surface area contributed by atoms with Gasteiger partial charge in [0, 0.05) is 17.1 Å². The molecule has 0 aliphatic carbocycles. The third-order valence-electron chi connectivity index (χ3n) is 10.2. The maximum atomic E-state index is 2.39. The molecule has 0 amide bonds. The van der Waals surface area contributed by atoms with Crippen molar-refractivity contribution in [2.45, 2.75) is 72.0 Å². The van der Waals surface area contributed by atoms with Crippen molar-refractivity contribution in [3.63, 3.8) is 0 Å². The van der Waals surface area contributed by atoms with Gasteiger partial charge in [0.1, 0.15) is 0 Å². The molecular weight excluding hydrogens is 679 g/mol. The van der Waals surface area contributed by atoms with Gasteiger partial charge in [0.2, 0.25) is 0 Å². The molecule has 0 fully saturated rings. The Bertz CT molecular complexity index is 1970. The van der Waals surface area contributed by atoms with Crippen LogP contribution in [0.1, 0.15) is 86.1 Å². The van der Waals surface area contributed by atoms with Gasteiger partial charge in [0.05, 0.1) is 8.07 Å². The van der Waals surface area contributed by atoms with E-state index in [-0.39, 0.29) is 10.8 Å². The summed E-state index contributed by atoms with van der Waals surface area (Å²) in [5, 5.41) is 1.49. The first-order valence-electron chi connectivity index (χ1n) is 19.6. The molecule has 0 heterocycles. The average Bonchev–Trinajstić information content (AvgIpc) is 3.16. The van der Waals surface area contributed by atoms with E-state index in [1.807, 2.05) is 0 Å². The monoisotopic (exact) mass is 735 g/mol. The SMILES string of the molecule is CC(C)(C)c1ccc(/C=C/c2ccc(N(c3ccc(/C=C/c4ccc(C(C)(C)C)cc4)cc3)c3ccc(/C=C/c4ccc([Si](C)(C)C)cc4)cc3)cc2)cc1. The third-order valence-corrected chi connectivity index (χ3v) is 12.3. The molecule has 0 radical (unpaired) electrons. The normalized spacial score (nSPS) is 12.6. The van der Waals surface area contributed by atoms with E-state index >= 15 is 0 Å². The summed E-state index contributed by atoms with van der Waals surface area (Å²) in [6.45, 7) is 20.7. The molecule has 0 N–H and O–H groups in total. The predicted molar refractivity (Wildman–Crippen MR) is 248 cm³/mol. The molecule has 0 bridgehead atoms. The van der Waals surface area contributed by atoms with E-state index in [0.29, 0.717) is 0 Å². The van der Waals surface area contributed by atoms with Crippen LogP contribution in [0.25, 0.3) is 36.5 Å². The molecule has 0 aliphatic heterocycles. The largest absolute Gasteiger partial charge is 0.311 e. The second kappa shape index (κ2) is 16.5. The van der Waals surface area contributed by atoms with Crippen molar-refractivity contribution in [1.82, 2.24) is 0 Å². The quantitative estimate of drug-likeness (QED) is 0.100. The van der Waals surface area contributed by atoms with Gasteiger partial charge in [0.25, 0.3) is 0 Å². The molecule has 0 spiro atoms. The van der Waals surface area contributed by atoms with Gasteiger partial charge in [-0.2, -0.15) is 0 Å². The standard InChI is InChI=1S/C53H57NSi/c1-52(2,3)46-28-16-40(17-29-46)10-12-42-20-32-48(33-21-42)54(49-34-22-43(23-35-49)13-11-41-18-30-47(31-19-41)53(4,5)6)50-36-24-44(25-37-50)14-15-45-26-38-51(39-27-45)55(7,8)9/h10-39H,1-9H3/b12-10+,13-11+,15-14+. The van der Waals surface area contributed by atoms with E-state index in [1.165, 1.54) is 38.6 Å². The van der Waals surface area contributed by atoms with Crippen LogP contribution < -0.4 is 10.1 Å². The van der Waals surface area contributed by atoms with Gasteiger partial charge < -0.3 is 4.90 Å². The summed E-state index contributed by atoms with van der Waals surface area (Å²) in [5.74, 6) is 0. The molecule has 0 aromatic heterocycles. The molecule has 6 aromatic rings. The first-order valence-corrected chi connectivity index (χ1v) is 23.1. The van der Waals surface area contributed by atoms with Gasteiger partial charge in [-0.3, -0.25) is 0 Å². The van der Waals surface area contributed by atoms with Gasteiger partial charge in [0.15, 0.2) is 0 Å². The van der Waals surface area contributed by atoms with Crippen LogP contribution in [0.5, 0.6) is 0 Å². The highest BCUT2D eigenvalue weighted by atomic mass is 28.3. The molecule has 55 heavy (non-hydrogen) atoms. The van der Waals surface area contributed by atoms with E-state index < -0.39 is 8.07 Å². The topological polar surface area (TPSA) is 3.24 Å². The number of rotatable bonds is 10. The lowest BCUT2D eigenvalue weighted by Crippen LogP contribution is -2.37. The summed E-state index contributed by atoms with van der Waals surface area (Å²) in [4.78, 5) is 2.33. The Morgan fingerprint density at radius 3 is 0.764 bits per heavy atom. The smallest absolute Gasteiger partial charge is 0.0775 e. The van der Waals surface area contributed by atoms with Gasteiger partial charge in [-0.05, 0) is 91.7 Å². The highest BCUT2D eigenvalue weighted by Crippen LogP contribution is 2.35. The molecule has 0 atom stereocenters. The van der Waals surface area contributed by atoms with Crippen molar-refractivity contribution in [2.75, 3.05) is 4.90 Å². The number of hydrogen-bond donors (Lipinski definition) is 0. The summed E-state index contributed by atoms with van der Waals surface area (Å²) in [5.41, 5.74) is 13.5. The Balaban J connectivity index is 1.24. The fourth-order valence-corrected chi connectivity index (χ4v) is 7.68. The summed E-state index contributed by atoms with van der Waals surface area (Å²) in [6, 6.07) is 53.4. The second-order valence-electron chi connectivity index (χ2n) is 17.7.